The Bertz CT molecular complexity index is 431. The van der Waals surface area contributed by atoms with Crippen LogP contribution in [0.1, 0.15) is 24.0 Å². The predicted molar refractivity (Wildman–Crippen MR) is 76.1 cm³/mol. The second-order valence-electron chi connectivity index (χ2n) is 5.38. The molecule has 1 amide bonds. The van der Waals surface area contributed by atoms with Crippen LogP contribution in [0.15, 0.2) is 24.3 Å². The van der Waals surface area contributed by atoms with Crippen LogP contribution in [-0.2, 0) is 16.0 Å². The molecular weight excluding hydrogens is 238 g/mol. The van der Waals surface area contributed by atoms with E-state index >= 15 is 0 Å². The largest absolute Gasteiger partial charge is 0.384 e. The van der Waals surface area contributed by atoms with Crippen molar-refractivity contribution >= 4 is 5.91 Å². The Morgan fingerprint density at radius 3 is 2.95 bits per heavy atom. The highest BCUT2D eigenvalue weighted by molar-refractivity contribution is 5.76. The number of carbonyl (C=O) groups excluding carboxylic acids is 1. The van der Waals surface area contributed by atoms with Gasteiger partial charge in [0.25, 0.3) is 0 Å². The molecule has 0 saturated carbocycles. The van der Waals surface area contributed by atoms with E-state index in [0.29, 0.717) is 12.3 Å². The number of amides is 1. The maximum absolute atomic E-state index is 12.2. The summed E-state index contributed by atoms with van der Waals surface area (Å²) >= 11 is 0. The molecule has 1 fully saturated rings. The molecule has 1 aliphatic rings. The number of ether oxygens (including phenoxy) is 1. The highest BCUT2D eigenvalue weighted by atomic mass is 16.5. The summed E-state index contributed by atoms with van der Waals surface area (Å²) in [5, 5.41) is 0. The lowest BCUT2D eigenvalue weighted by molar-refractivity contribution is -0.130. The van der Waals surface area contributed by atoms with Crippen LogP contribution in [0.25, 0.3) is 0 Å². The van der Waals surface area contributed by atoms with E-state index in [2.05, 4.69) is 19.1 Å². The first-order valence-corrected chi connectivity index (χ1v) is 7.02. The van der Waals surface area contributed by atoms with Gasteiger partial charge in [-0.25, -0.2) is 0 Å². The molecule has 0 N–H and O–H groups in total. The zero-order valence-corrected chi connectivity index (χ0v) is 11.9. The van der Waals surface area contributed by atoms with Crippen LogP contribution in [0.4, 0.5) is 0 Å². The van der Waals surface area contributed by atoms with Crippen LogP contribution >= 0.6 is 0 Å². The van der Waals surface area contributed by atoms with Gasteiger partial charge in [-0.2, -0.15) is 0 Å². The normalized spacial score (nSPS) is 18.8. The van der Waals surface area contributed by atoms with Gasteiger partial charge in [0, 0.05) is 32.5 Å². The summed E-state index contributed by atoms with van der Waals surface area (Å²) in [6.45, 7) is 4.62. The Morgan fingerprint density at radius 1 is 1.42 bits per heavy atom. The van der Waals surface area contributed by atoms with E-state index in [-0.39, 0.29) is 5.91 Å². The summed E-state index contributed by atoms with van der Waals surface area (Å²) in [5.74, 6) is 0.800. The van der Waals surface area contributed by atoms with E-state index < -0.39 is 0 Å². The third-order valence-corrected chi connectivity index (χ3v) is 3.91. The van der Waals surface area contributed by atoms with Crippen molar-refractivity contribution in [2.45, 2.75) is 26.2 Å². The molecule has 1 aromatic rings. The fourth-order valence-electron chi connectivity index (χ4n) is 2.72. The Morgan fingerprint density at radius 2 is 2.21 bits per heavy atom. The van der Waals surface area contributed by atoms with Gasteiger partial charge >= 0.3 is 0 Å². The lowest BCUT2D eigenvalue weighted by Gasteiger charge is -2.16. The first-order chi connectivity index (χ1) is 9.20. The van der Waals surface area contributed by atoms with Crippen molar-refractivity contribution < 1.29 is 9.53 Å². The third kappa shape index (κ3) is 3.80. The van der Waals surface area contributed by atoms with E-state index in [1.54, 1.807) is 7.11 Å². The summed E-state index contributed by atoms with van der Waals surface area (Å²) in [4.78, 5) is 14.2. The van der Waals surface area contributed by atoms with Crippen molar-refractivity contribution in [2.24, 2.45) is 5.92 Å². The van der Waals surface area contributed by atoms with Crippen LogP contribution in [0.5, 0.6) is 0 Å². The Hall–Kier alpha value is -1.35. The maximum atomic E-state index is 12.2. The van der Waals surface area contributed by atoms with Gasteiger partial charge in [0.15, 0.2) is 0 Å². The standard InChI is InChI=1S/C16H23NO2/c1-13-5-3-4-6-15(13)7-8-16(18)17-10-9-14(11-17)12-19-2/h3-6,14H,7-12H2,1-2H3. The SMILES string of the molecule is COCC1CCN(C(=O)CCc2ccccc2C)C1. The fourth-order valence-corrected chi connectivity index (χ4v) is 2.72. The first-order valence-electron chi connectivity index (χ1n) is 7.02. The second-order valence-corrected chi connectivity index (χ2v) is 5.38. The number of carbonyl (C=O) groups is 1. The smallest absolute Gasteiger partial charge is 0.222 e. The van der Waals surface area contributed by atoms with E-state index in [9.17, 15) is 4.79 Å². The van der Waals surface area contributed by atoms with Crippen molar-refractivity contribution in [3.8, 4) is 0 Å². The maximum Gasteiger partial charge on any atom is 0.222 e. The molecule has 1 aromatic carbocycles. The number of aryl methyl sites for hydroxylation is 2. The number of methoxy groups -OCH3 is 1. The molecule has 0 spiro atoms. The van der Waals surface area contributed by atoms with Gasteiger partial charge in [0.05, 0.1) is 6.61 Å². The topological polar surface area (TPSA) is 29.5 Å². The predicted octanol–water partition coefficient (Wildman–Crippen LogP) is 2.42. The highest BCUT2D eigenvalue weighted by Crippen LogP contribution is 2.18. The molecule has 1 heterocycles. The molecule has 0 aliphatic carbocycles. The van der Waals surface area contributed by atoms with E-state index in [1.807, 2.05) is 17.0 Å². The lowest BCUT2D eigenvalue weighted by atomic mass is 10.0. The minimum absolute atomic E-state index is 0.279. The average molecular weight is 261 g/mol. The number of benzene rings is 1. The molecule has 0 aromatic heterocycles. The molecule has 1 aliphatic heterocycles. The summed E-state index contributed by atoms with van der Waals surface area (Å²) < 4.78 is 5.16. The molecule has 3 nitrogen and oxygen atoms in total. The van der Waals surface area contributed by atoms with Crippen molar-refractivity contribution in [2.75, 3.05) is 26.8 Å². The van der Waals surface area contributed by atoms with Crippen molar-refractivity contribution in [1.82, 2.24) is 4.90 Å². The number of likely N-dealkylation sites (tertiary alicyclic amines) is 1. The van der Waals surface area contributed by atoms with Gasteiger partial charge in [-0.15, -0.1) is 0 Å². The molecule has 2 rings (SSSR count). The van der Waals surface area contributed by atoms with Crippen LogP contribution in [0, 0.1) is 12.8 Å². The molecule has 3 heteroatoms. The van der Waals surface area contributed by atoms with Crippen LogP contribution < -0.4 is 0 Å². The van der Waals surface area contributed by atoms with Gasteiger partial charge in [0.1, 0.15) is 0 Å². The zero-order valence-electron chi connectivity index (χ0n) is 11.9. The number of nitrogens with zero attached hydrogens (tertiary/aromatic N) is 1. The van der Waals surface area contributed by atoms with E-state index in [0.717, 1.165) is 32.5 Å². The molecule has 1 unspecified atom stereocenters. The Labute approximate surface area is 115 Å². The van der Waals surface area contributed by atoms with Gasteiger partial charge in [-0.1, -0.05) is 24.3 Å². The molecule has 0 bridgehead atoms. The van der Waals surface area contributed by atoms with Crippen LogP contribution in [0.2, 0.25) is 0 Å². The van der Waals surface area contributed by atoms with E-state index in [4.69, 9.17) is 4.74 Å². The molecule has 19 heavy (non-hydrogen) atoms. The lowest BCUT2D eigenvalue weighted by Crippen LogP contribution is -2.29. The summed E-state index contributed by atoms with van der Waals surface area (Å²) in [7, 11) is 1.72. The number of hydrogen-bond acceptors (Lipinski definition) is 2. The molecule has 1 saturated heterocycles. The third-order valence-electron chi connectivity index (χ3n) is 3.91. The Kier molecular flexibility index (Phi) is 4.97. The minimum Gasteiger partial charge on any atom is -0.384 e. The Balaban J connectivity index is 1.81. The molecule has 1 atom stereocenters. The van der Waals surface area contributed by atoms with Gasteiger partial charge < -0.3 is 9.64 Å². The molecular formula is C16H23NO2. The zero-order chi connectivity index (χ0) is 13.7. The molecule has 104 valence electrons. The second kappa shape index (κ2) is 6.71. The van der Waals surface area contributed by atoms with Crippen molar-refractivity contribution in [1.29, 1.82) is 0 Å². The highest BCUT2D eigenvalue weighted by Gasteiger charge is 2.25. The van der Waals surface area contributed by atoms with Gasteiger partial charge in [-0.05, 0) is 30.9 Å². The van der Waals surface area contributed by atoms with Crippen molar-refractivity contribution in [3.63, 3.8) is 0 Å². The van der Waals surface area contributed by atoms with Crippen LogP contribution in [-0.4, -0.2) is 37.6 Å². The monoisotopic (exact) mass is 261 g/mol. The van der Waals surface area contributed by atoms with Gasteiger partial charge in [-0.3, -0.25) is 4.79 Å². The summed E-state index contributed by atoms with van der Waals surface area (Å²) in [6, 6.07) is 8.29. The summed E-state index contributed by atoms with van der Waals surface area (Å²) in [5.41, 5.74) is 2.55. The quantitative estimate of drug-likeness (QED) is 0.814. The van der Waals surface area contributed by atoms with Crippen molar-refractivity contribution in [3.05, 3.63) is 35.4 Å². The minimum atomic E-state index is 0.279. The van der Waals surface area contributed by atoms with E-state index in [1.165, 1.54) is 11.1 Å². The number of rotatable bonds is 5. The van der Waals surface area contributed by atoms with Gasteiger partial charge in [0.2, 0.25) is 5.91 Å². The first kappa shape index (κ1) is 14.1. The fraction of sp³-hybridized carbons (Fsp3) is 0.562. The summed E-state index contributed by atoms with van der Waals surface area (Å²) in [6.07, 6.45) is 2.53. The average Bonchev–Trinajstić information content (AvgIpc) is 2.87. The van der Waals surface area contributed by atoms with Crippen LogP contribution in [0.3, 0.4) is 0 Å². The molecule has 0 radical (unpaired) electrons. The number of hydrogen-bond donors (Lipinski definition) is 0.